The molecule has 0 bridgehead atoms. The second-order valence-corrected chi connectivity index (χ2v) is 11.0. The number of nitrogens with zero attached hydrogens (tertiary/aromatic N) is 2. The minimum atomic E-state index is -3.67. The molecule has 3 aliphatic heterocycles. The molecule has 0 spiro atoms. The Balaban J connectivity index is 1.21. The summed E-state index contributed by atoms with van der Waals surface area (Å²) in [5, 5.41) is 2.40. The number of fused-ring (bicyclic) bond motifs is 1. The lowest BCUT2D eigenvalue weighted by Crippen LogP contribution is -2.40. The fourth-order valence-electron chi connectivity index (χ4n) is 5.76. The Hall–Kier alpha value is -2.59. The van der Waals surface area contributed by atoms with Crippen molar-refractivity contribution in [1.82, 2.24) is 14.5 Å². The van der Waals surface area contributed by atoms with Crippen LogP contribution in [0.25, 0.3) is 0 Å². The molecule has 164 valence electrons. The van der Waals surface area contributed by atoms with Crippen molar-refractivity contribution >= 4 is 33.7 Å². The molecule has 4 amide bonds. The number of amides is 4. The molecule has 2 atom stereocenters. The van der Waals surface area contributed by atoms with Gasteiger partial charge in [-0.2, -0.15) is 4.31 Å². The molecule has 9 nitrogen and oxygen atoms in total. The van der Waals surface area contributed by atoms with E-state index in [9.17, 15) is 27.6 Å². The van der Waals surface area contributed by atoms with Crippen LogP contribution in [0.3, 0.4) is 0 Å². The summed E-state index contributed by atoms with van der Waals surface area (Å²) in [6.07, 6.45) is 2.42. The zero-order valence-corrected chi connectivity index (χ0v) is 17.7. The summed E-state index contributed by atoms with van der Waals surface area (Å²) in [6.45, 7) is 0.243. The first kappa shape index (κ1) is 20.3. The molecule has 1 N–H and O–H groups in total. The molecule has 3 heterocycles. The minimum Gasteiger partial charge on any atom is -0.295 e. The van der Waals surface area contributed by atoms with Gasteiger partial charge >= 0.3 is 0 Å². The largest absolute Gasteiger partial charge is 0.295 e. The first-order chi connectivity index (χ1) is 14.7. The molecule has 0 radical (unpaired) electrons. The number of hydrogen-bond donors (Lipinski definition) is 1. The molecule has 1 aromatic rings. The van der Waals surface area contributed by atoms with Gasteiger partial charge in [0.15, 0.2) is 0 Å². The van der Waals surface area contributed by atoms with Gasteiger partial charge in [-0.15, -0.1) is 0 Å². The maximum absolute atomic E-state index is 12.9. The van der Waals surface area contributed by atoms with Crippen LogP contribution < -0.4 is 5.32 Å². The average molecular weight is 445 g/mol. The van der Waals surface area contributed by atoms with Gasteiger partial charge in [0.2, 0.25) is 21.8 Å². The van der Waals surface area contributed by atoms with Crippen LogP contribution in [0.4, 0.5) is 0 Å². The van der Waals surface area contributed by atoms with Gasteiger partial charge in [0.05, 0.1) is 27.7 Å². The third kappa shape index (κ3) is 2.67. The number of imide groups is 2. The molecular weight excluding hydrogens is 422 g/mol. The maximum atomic E-state index is 12.9. The normalized spacial score (nSPS) is 30.0. The van der Waals surface area contributed by atoms with E-state index in [1.807, 2.05) is 0 Å². The summed E-state index contributed by atoms with van der Waals surface area (Å²) < 4.78 is 27.2. The number of benzene rings is 1. The molecule has 31 heavy (non-hydrogen) atoms. The van der Waals surface area contributed by atoms with Gasteiger partial charge in [-0.3, -0.25) is 29.4 Å². The molecule has 1 saturated carbocycles. The predicted molar refractivity (Wildman–Crippen MR) is 108 cm³/mol. The van der Waals surface area contributed by atoms with Gasteiger partial charge in [0.25, 0.3) is 11.8 Å². The quantitative estimate of drug-likeness (QED) is 0.503. The van der Waals surface area contributed by atoms with E-state index in [-0.39, 0.29) is 55.4 Å². The Morgan fingerprint density at radius 2 is 1.42 bits per heavy atom. The van der Waals surface area contributed by atoms with Gasteiger partial charge in [-0.05, 0) is 37.8 Å². The Kier molecular flexibility index (Phi) is 4.39. The maximum Gasteiger partial charge on any atom is 0.261 e. The fraction of sp³-hybridized carbons (Fsp3) is 0.524. The number of carbonyl (C=O) groups excluding carboxylic acids is 4. The molecular formula is C21H23N3O6S. The summed E-state index contributed by atoms with van der Waals surface area (Å²) in [5.74, 6) is -1.56. The molecule has 1 aromatic carbocycles. The number of carbonyl (C=O) groups is 4. The number of nitrogens with one attached hydrogen (secondary N) is 1. The number of hydrogen-bond acceptors (Lipinski definition) is 6. The van der Waals surface area contributed by atoms with Crippen LogP contribution in [-0.4, -0.2) is 66.6 Å². The average Bonchev–Trinajstić information content (AvgIpc) is 3.39. The van der Waals surface area contributed by atoms with E-state index in [1.54, 1.807) is 24.3 Å². The van der Waals surface area contributed by atoms with Crippen molar-refractivity contribution in [3.63, 3.8) is 0 Å². The highest BCUT2D eigenvalue weighted by molar-refractivity contribution is 7.89. The van der Waals surface area contributed by atoms with Gasteiger partial charge in [0, 0.05) is 19.6 Å². The van der Waals surface area contributed by atoms with Crippen LogP contribution in [0.15, 0.2) is 24.3 Å². The van der Waals surface area contributed by atoms with Gasteiger partial charge in [0.1, 0.15) is 0 Å². The summed E-state index contributed by atoms with van der Waals surface area (Å²) in [4.78, 5) is 50.9. The van der Waals surface area contributed by atoms with E-state index in [1.165, 1.54) is 4.31 Å². The summed E-state index contributed by atoms with van der Waals surface area (Å²) in [7, 11) is -3.67. The molecule has 2 unspecified atom stereocenters. The van der Waals surface area contributed by atoms with Crippen molar-refractivity contribution in [3.05, 3.63) is 35.4 Å². The topological polar surface area (TPSA) is 121 Å². The van der Waals surface area contributed by atoms with Crippen LogP contribution in [0.5, 0.6) is 0 Å². The second-order valence-electron chi connectivity index (χ2n) is 8.90. The highest BCUT2D eigenvalue weighted by Gasteiger charge is 2.73. The van der Waals surface area contributed by atoms with E-state index in [0.29, 0.717) is 30.4 Å². The van der Waals surface area contributed by atoms with Crippen LogP contribution in [0.1, 0.15) is 52.8 Å². The Labute approximate surface area is 179 Å². The SMILES string of the molecule is O=C1c2ccccc2C(=O)N1CCCCS(=O)(=O)N1CC23CCCC2(C1)C(=O)NC3=O. The molecule has 2 saturated heterocycles. The summed E-state index contributed by atoms with van der Waals surface area (Å²) in [6, 6.07) is 6.62. The summed E-state index contributed by atoms with van der Waals surface area (Å²) in [5.41, 5.74) is -1.12. The van der Waals surface area contributed by atoms with Crippen molar-refractivity contribution in [1.29, 1.82) is 0 Å². The Morgan fingerprint density at radius 1 is 0.871 bits per heavy atom. The number of rotatable bonds is 6. The highest BCUT2D eigenvalue weighted by atomic mass is 32.2. The number of sulfonamides is 1. The Bertz CT molecular complexity index is 1070. The summed E-state index contributed by atoms with van der Waals surface area (Å²) >= 11 is 0. The predicted octanol–water partition coefficient (Wildman–Crippen LogP) is 0.521. The van der Waals surface area contributed by atoms with Crippen molar-refractivity contribution < 1.29 is 27.6 Å². The molecule has 5 rings (SSSR count). The Morgan fingerprint density at radius 3 is 1.97 bits per heavy atom. The van der Waals surface area contributed by atoms with E-state index >= 15 is 0 Å². The minimum absolute atomic E-state index is 0.0469. The van der Waals surface area contributed by atoms with E-state index in [0.717, 1.165) is 11.3 Å². The van der Waals surface area contributed by atoms with Crippen molar-refractivity contribution in [2.24, 2.45) is 10.8 Å². The van der Waals surface area contributed by atoms with Crippen molar-refractivity contribution in [3.8, 4) is 0 Å². The smallest absolute Gasteiger partial charge is 0.261 e. The van der Waals surface area contributed by atoms with Crippen LogP contribution >= 0.6 is 0 Å². The second kappa shape index (κ2) is 6.70. The van der Waals surface area contributed by atoms with Crippen LogP contribution in [0, 0.1) is 10.8 Å². The lowest BCUT2D eigenvalue weighted by atomic mass is 9.70. The van der Waals surface area contributed by atoms with Crippen LogP contribution in [0.2, 0.25) is 0 Å². The van der Waals surface area contributed by atoms with E-state index < -0.39 is 20.9 Å². The van der Waals surface area contributed by atoms with Crippen LogP contribution in [-0.2, 0) is 19.6 Å². The number of unbranched alkanes of at least 4 members (excludes halogenated alkanes) is 1. The third-order valence-electron chi connectivity index (χ3n) is 7.42. The van der Waals surface area contributed by atoms with Gasteiger partial charge < -0.3 is 0 Å². The van der Waals surface area contributed by atoms with Crippen molar-refractivity contribution in [2.45, 2.75) is 32.1 Å². The lowest BCUT2D eigenvalue weighted by molar-refractivity contribution is -0.128. The molecule has 0 aromatic heterocycles. The van der Waals surface area contributed by atoms with E-state index in [2.05, 4.69) is 5.32 Å². The zero-order valence-electron chi connectivity index (χ0n) is 16.9. The molecule has 1 aliphatic carbocycles. The van der Waals surface area contributed by atoms with Gasteiger partial charge in [-0.1, -0.05) is 18.6 Å². The zero-order chi connectivity index (χ0) is 22.0. The first-order valence-corrected chi connectivity index (χ1v) is 12.1. The molecule has 10 heteroatoms. The lowest BCUT2D eigenvalue weighted by Gasteiger charge is -2.25. The van der Waals surface area contributed by atoms with Crippen molar-refractivity contribution in [2.75, 3.05) is 25.4 Å². The van der Waals surface area contributed by atoms with Gasteiger partial charge in [-0.25, -0.2) is 8.42 Å². The third-order valence-corrected chi connectivity index (χ3v) is 9.27. The fourth-order valence-corrected chi connectivity index (χ4v) is 7.42. The first-order valence-electron chi connectivity index (χ1n) is 10.5. The molecule has 4 aliphatic rings. The standard InChI is InChI=1S/C21H23N3O6S/c25-16-14-6-1-2-7-15(14)17(26)24(16)10-3-4-11-31(29,30)23-12-20-8-5-9-21(20,13-23)19(28)22-18(20)27/h1-2,6-7H,3-5,8-13H2,(H,22,27,28). The highest BCUT2D eigenvalue weighted by Crippen LogP contribution is 2.61. The molecule has 3 fully saturated rings. The van der Waals surface area contributed by atoms with E-state index in [4.69, 9.17) is 0 Å². The monoisotopic (exact) mass is 445 g/mol.